The van der Waals surface area contributed by atoms with E-state index in [1.54, 1.807) is 6.07 Å². The molecule has 0 aliphatic heterocycles. The van der Waals surface area contributed by atoms with E-state index in [9.17, 15) is 4.39 Å². The Bertz CT molecular complexity index is 386. The number of aryl methyl sites for hydroxylation is 1. The van der Waals surface area contributed by atoms with Gasteiger partial charge in [0, 0.05) is 25.7 Å². The number of nitrogens with zero attached hydrogens (tertiary/aromatic N) is 1. The van der Waals surface area contributed by atoms with Gasteiger partial charge in [-0.1, -0.05) is 18.9 Å². The maximum absolute atomic E-state index is 13.3. The normalized spacial score (nSPS) is 16.7. The van der Waals surface area contributed by atoms with Crippen LogP contribution in [0.1, 0.15) is 36.8 Å². The van der Waals surface area contributed by atoms with Gasteiger partial charge >= 0.3 is 0 Å². The monoisotopic (exact) mass is 250 g/mol. The Morgan fingerprint density at radius 2 is 2.06 bits per heavy atom. The summed E-state index contributed by atoms with van der Waals surface area (Å²) in [6, 6.07) is 5.69. The topological polar surface area (TPSA) is 29.3 Å². The van der Waals surface area contributed by atoms with E-state index in [2.05, 4.69) is 4.90 Å². The number of rotatable bonds is 5. The largest absolute Gasteiger partial charge is 0.329 e. The lowest BCUT2D eigenvalue weighted by Gasteiger charge is -2.29. The van der Waals surface area contributed by atoms with Crippen molar-refractivity contribution in [3.8, 4) is 0 Å². The average molecular weight is 250 g/mol. The van der Waals surface area contributed by atoms with Crippen molar-refractivity contribution in [1.82, 2.24) is 4.90 Å². The second kappa shape index (κ2) is 6.30. The molecule has 1 aromatic rings. The quantitative estimate of drug-likeness (QED) is 0.870. The third-order valence-electron chi connectivity index (χ3n) is 3.94. The van der Waals surface area contributed by atoms with Crippen LogP contribution in [0.15, 0.2) is 18.2 Å². The highest BCUT2D eigenvalue weighted by molar-refractivity contribution is 5.26. The molecule has 3 heteroatoms. The first-order valence-corrected chi connectivity index (χ1v) is 6.90. The molecule has 0 radical (unpaired) electrons. The molecule has 2 N–H and O–H groups in total. The minimum Gasteiger partial charge on any atom is -0.329 e. The molecule has 100 valence electrons. The van der Waals surface area contributed by atoms with Gasteiger partial charge in [-0.15, -0.1) is 0 Å². The standard InChI is InChI=1S/C15H23FN2/c1-12-6-7-14(16)10-13(12)11-18(9-8-17)15-4-2-3-5-15/h6-7,10,15H,2-5,8-9,11,17H2,1H3. The molecule has 0 amide bonds. The third kappa shape index (κ3) is 3.30. The van der Waals surface area contributed by atoms with Crippen LogP contribution >= 0.6 is 0 Å². The zero-order chi connectivity index (χ0) is 13.0. The highest BCUT2D eigenvalue weighted by atomic mass is 19.1. The van der Waals surface area contributed by atoms with Gasteiger partial charge in [0.05, 0.1) is 0 Å². The summed E-state index contributed by atoms with van der Waals surface area (Å²) in [6.07, 6.45) is 5.14. The Hall–Kier alpha value is -0.930. The highest BCUT2D eigenvalue weighted by Gasteiger charge is 2.22. The second-order valence-electron chi connectivity index (χ2n) is 5.27. The molecule has 1 aliphatic rings. The molecule has 0 atom stereocenters. The minimum atomic E-state index is -0.144. The molecule has 2 nitrogen and oxygen atoms in total. The van der Waals surface area contributed by atoms with Gasteiger partial charge in [-0.2, -0.15) is 0 Å². The van der Waals surface area contributed by atoms with Crippen LogP contribution in [0.25, 0.3) is 0 Å². The summed E-state index contributed by atoms with van der Waals surface area (Å²) < 4.78 is 13.3. The van der Waals surface area contributed by atoms with Crippen LogP contribution in [0.5, 0.6) is 0 Å². The zero-order valence-electron chi connectivity index (χ0n) is 11.2. The van der Waals surface area contributed by atoms with Gasteiger partial charge in [-0.25, -0.2) is 4.39 Å². The summed E-state index contributed by atoms with van der Waals surface area (Å²) in [7, 11) is 0. The van der Waals surface area contributed by atoms with Gasteiger partial charge < -0.3 is 5.73 Å². The molecule has 0 heterocycles. The Balaban J connectivity index is 2.09. The summed E-state index contributed by atoms with van der Waals surface area (Å²) in [5, 5.41) is 0. The van der Waals surface area contributed by atoms with E-state index in [4.69, 9.17) is 5.73 Å². The van der Waals surface area contributed by atoms with Crippen LogP contribution < -0.4 is 5.73 Å². The van der Waals surface area contributed by atoms with Crippen molar-refractivity contribution in [3.05, 3.63) is 35.1 Å². The average Bonchev–Trinajstić information content (AvgIpc) is 2.87. The molecule has 1 fully saturated rings. The summed E-state index contributed by atoms with van der Waals surface area (Å²) in [4.78, 5) is 2.43. The van der Waals surface area contributed by atoms with E-state index in [0.29, 0.717) is 12.6 Å². The Morgan fingerprint density at radius 1 is 1.33 bits per heavy atom. The van der Waals surface area contributed by atoms with Crippen molar-refractivity contribution in [3.63, 3.8) is 0 Å². The molecule has 0 unspecified atom stereocenters. The summed E-state index contributed by atoms with van der Waals surface area (Å²) in [5.74, 6) is -0.144. The fraction of sp³-hybridized carbons (Fsp3) is 0.600. The number of benzene rings is 1. The molecule has 0 aromatic heterocycles. The first-order chi connectivity index (χ1) is 8.70. The van der Waals surface area contributed by atoms with Gasteiger partial charge in [0.1, 0.15) is 5.82 Å². The van der Waals surface area contributed by atoms with Gasteiger partial charge in [0.2, 0.25) is 0 Å². The van der Waals surface area contributed by atoms with E-state index in [0.717, 1.165) is 24.2 Å². The maximum Gasteiger partial charge on any atom is 0.123 e. The fourth-order valence-corrected chi connectivity index (χ4v) is 2.86. The van der Waals surface area contributed by atoms with Crippen LogP contribution in [-0.2, 0) is 6.54 Å². The van der Waals surface area contributed by atoms with Gasteiger partial charge in [-0.3, -0.25) is 4.90 Å². The van der Waals surface area contributed by atoms with Crippen molar-refractivity contribution < 1.29 is 4.39 Å². The van der Waals surface area contributed by atoms with E-state index < -0.39 is 0 Å². The predicted octanol–water partition coefficient (Wildman–Crippen LogP) is 2.84. The van der Waals surface area contributed by atoms with E-state index >= 15 is 0 Å². The maximum atomic E-state index is 13.3. The third-order valence-corrected chi connectivity index (χ3v) is 3.94. The fourth-order valence-electron chi connectivity index (χ4n) is 2.86. The van der Waals surface area contributed by atoms with Gasteiger partial charge in [-0.05, 0) is 43.0 Å². The lowest BCUT2D eigenvalue weighted by molar-refractivity contribution is 0.195. The van der Waals surface area contributed by atoms with Crippen LogP contribution in [0.4, 0.5) is 4.39 Å². The van der Waals surface area contributed by atoms with Gasteiger partial charge in [0.25, 0.3) is 0 Å². The zero-order valence-corrected chi connectivity index (χ0v) is 11.2. The molecule has 0 spiro atoms. The molecular weight excluding hydrogens is 227 g/mol. The first kappa shape index (κ1) is 13.5. The molecule has 0 saturated heterocycles. The molecule has 2 rings (SSSR count). The molecular formula is C15H23FN2. The second-order valence-corrected chi connectivity index (χ2v) is 5.27. The van der Waals surface area contributed by atoms with Crippen molar-refractivity contribution >= 4 is 0 Å². The molecule has 0 bridgehead atoms. The van der Waals surface area contributed by atoms with Crippen molar-refractivity contribution in [2.24, 2.45) is 5.73 Å². The van der Waals surface area contributed by atoms with E-state index in [-0.39, 0.29) is 5.82 Å². The smallest absolute Gasteiger partial charge is 0.123 e. The Morgan fingerprint density at radius 3 is 2.72 bits per heavy atom. The first-order valence-electron chi connectivity index (χ1n) is 6.90. The van der Waals surface area contributed by atoms with E-state index in [1.807, 2.05) is 13.0 Å². The lowest BCUT2D eigenvalue weighted by Crippen LogP contribution is -2.36. The molecule has 1 aromatic carbocycles. The van der Waals surface area contributed by atoms with Crippen LogP contribution in [-0.4, -0.2) is 24.0 Å². The van der Waals surface area contributed by atoms with Crippen LogP contribution in [0.2, 0.25) is 0 Å². The summed E-state index contributed by atoms with van der Waals surface area (Å²) in [6.45, 7) is 4.45. The summed E-state index contributed by atoms with van der Waals surface area (Å²) in [5.41, 5.74) is 7.96. The number of hydrogen-bond donors (Lipinski definition) is 1. The number of hydrogen-bond acceptors (Lipinski definition) is 2. The molecule has 1 aliphatic carbocycles. The van der Waals surface area contributed by atoms with Crippen molar-refractivity contribution in [2.75, 3.05) is 13.1 Å². The highest BCUT2D eigenvalue weighted by Crippen LogP contribution is 2.25. The number of nitrogens with two attached hydrogens (primary N) is 1. The molecule has 1 saturated carbocycles. The Kier molecular flexibility index (Phi) is 4.72. The van der Waals surface area contributed by atoms with Crippen LogP contribution in [0.3, 0.4) is 0 Å². The Labute approximate surface area is 109 Å². The predicted molar refractivity (Wildman–Crippen MR) is 72.9 cm³/mol. The SMILES string of the molecule is Cc1ccc(F)cc1CN(CCN)C1CCCC1. The lowest BCUT2D eigenvalue weighted by atomic mass is 10.1. The van der Waals surface area contributed by atoms with Crippen molar-refractivity contribution in [1.29, 1.82) is 0 Å². The minimum absolute atomic E-state index is 0.144. The summed E-state index contributed by atoms with van der Waals surface area (Å²) >= 11 is 0. The molecule has 18 heavy (non-hydrogen) atoms. The van der Waals surface area contributed by atoms with E-state index in [1.165, 1.54) is 31.7 Å². The van der Waals surface area contributed by atoms with Crippen LogP contribution in [0, 0.1) is 12.7 Å². The van der Waals surface area contributed by atoms with Crippen molar-refractivity contribution in [2.45, 2.75) is 45.2 Å². The van der Waals surface area contributed by atoms with Gasteiger partial charge in [0.15, 0.2) is 0 Å². The number of halogens is 1.